The zero-order valence-electron chi connectivity index (χ0n) is 13.9. The van der Waals surface area contributed by atoms with Gasteiger partial charge in [-0.25, -0.2) is 8.42 Å². The number of sulfone groups is 1. The monoisotopic (exact) mass is 353 g/mol. The van der Waals surface area contributed by atoms with Gasteiger partial charge in [-0.05, 0) is 17.4 Å². The standard InChI is InChI=1S/C17H23NO5S/c1-17(2)13(14(17)16(20)21)15(19)18-9-11-24(22,23)10-8-12-6-4-3-5-7-12/h3-7,13-14H,8-11H2,1-2H3,(H,18,19)(H,20,21)/t13-,14+/m1/s1. The summed E-state index contributed by atoms with van der Waals surface area (Å²) in [4.78, 5) is 23.1. The van der Waals surface area contributed by atoms with Crippen LogP contribution in [0.5, 0.6) is 0 Å². The molecular formula is C17H23NO5S. The maximum atomic E-state index is 12.0. The fraction of sp³-hybridized carbons (Fsp3) is 0.529. The lowest BCUT2D eigenvalue weighted by atomic mass is 10.1. The summed E-state index contributed by atoms with van der Waals surface area (Å²) in [6.45, 7) is 3.47. The van der Waals surface area contributed by atoms with Crippen molar-refractivity contribution in [3.63, 3.8) is 0 Å². The molecule has 0 aliphatic heterocycles. The van der Waals surface area contributed by atoms with Crippen molar-refractivity contribution in [2.24, 2.45) is 17.3 Å². The number of carboxylic acids is 1. The number of carbonyl (C=O) groups is 2. The van der Waals surface area contributed by atoms with Crippen molar-refractivity contribution in [1.29, 1.82) is 0 Å². The molecule has 7 heteroatoms. The number of hydrogen-bond acceptors (Lipinski definition) is 4. The van der Waals surface area contributed by atoms with Crippen LogP contribution in [0.15, 0.2) is 30.3 Å². The lowest BCUT2D eigenvalue weighted by Gasteiger charge is -2.07. The van der Waals surface area contributed by atoms with Crippen molar-refractivity contribution >= 4 is 21.7 Å². The topological polar surface area (TPSA) is 101 Å². The van der Waals surface area contributed by atoms with E-state index in [0.29, 0.717) is 6.42 Å². The SMILES string of the molecule is CC1(C)[C@H](C(=O)O)[C@@H]1C(=O)NCCS(=O)(=O)CCc1ccccc1. The molecule has 1 amide bonds. The Balaban J connectivity index is 1.77. The number of aliphatic carboxylic acids is 1. The number of carbonyl (C=O) groups excluding carboxylic acids is 1. The van der Waals surface area contributed by atoms with Gasteiger partial charge in [-0.2, -0.15) is 0 Å². The molecular weight excluding hydrogens is 330 g/mol. The van der Waals surface area contributed by atoms with Crippen LogP contribution in [0.3, 0.4) is 0 Å². The minimum absolute atomic E-state index is 0.00880. The van der Waals surface area contributed by atoms with Gasteiger partial charge in [0.15, 0.2) is 9.84 Å². The first-order valence-corrected chi connectivity index (χ1v) is 9.72. The van der Waals surface area contributed by atoms with Crippen molar-refractivity contribution in [2.75, 3.05) is 18.1 Å². The van der Waals surface area contributed by atoms with E-state index in [1.54, 1.807) is 13.8 Å². The van der Waals surface area contributed by atoms with Gasteiger partial charge in [0.25, 0.3) is 0 Å². The highest BCUT2D eigenvalue weighted by atomic mass is 32.2. The van der Waals surface area contributed by atoms with Crippen LogP contribution >= 0.6 is 0 Å². The van der Waals surface area contributed by atoms with E-state index in [1.165, 1.54) is 0 Å². The second-order valence-electron chi connectivity index (χ2n) is 6.79. The van der Waals surface area contributed by atoms with Crippen LogP contribution in [-0.4, -0.2) is 43.5 Å². The lowest BCUT2D eigenvalue weighted by Crippen LogP contribution is -2.32. The van der Waals surface area contributed by atoms with Gasteiger partial charge in [0.1, 0.15) is 0 Å². The maximum absolute atomic E-state index is 12.0. The van der Waals surface area contributed by atoms with Crippen molar-refractivity contribution in [2.45, 2.75) is 20.3 Å². The minimum atomic E-state index is -3.27. The summed E-state index contributed by atoms with van der Waals surface area (Å²) in [5.74, 6) is -2.79. The van der Waals surface area contributed by atoms with E-state index in [-0.39, 0.29) is 24.0 Å². The smallest absolute Gasteiger partial charge is 0.307 e. The molecule has 2 rings (SSSR count). The molecule has 2 atom stereocenters. The third-order valence-corrected chi connectivity index (χ3v) is 6.29. The molecule has 132 valence electrons. The van der Waals surface area contributed by atoms with E-state index < -0.39 is 33.1 Å². The number of carboxylic acid groups (broad SMARTS) is 1. The van der Waals surface area contributed by atoms with Gasteiger partial charge >= 0.3 is 5.97 Å². The second-order valence-corrected chi connectivity index (χ2v) is 9.10. The number of nitrogens with one attached hydrogen (secondary N) is 1. The summed E-state index contributed by atoms with van der Waals surface area (Å²) >= 11 is 0. The average Bonchev–Trinajstić information content (AvgIpc) is 3.09. The molecule has 1 fully saturated rings. The molecule has 0 bridgehead atoms. The van der Waals surface area contributed by atoms with Crippen LogP contribution in [0.4, 0.5) is 0 Å². The summed E-state index contributed by atoms with van der Waals surface area (Å²) in [7, 11) is -3.27. The van der Waals surface area contributed by atoms with Gasteiger partial charge in [0.05, 0.1) is 23.3 Å². The molecule has 0 unspecified atom stereocenters. The van der Waals surface area contributed by atoms with Gasteiger partial charge in [-0.1, -0.05) is 44.2 Å². The molecule has 1 aromatic carbocycles. The van der Waals surface area contributed by atoms with Crippen LogP contribution in [0.1, 0.15) is 19.4 Å². The molecule has 6 nitrogen and oxygen atoms in total. The summed E-state index contributed by atoms with van der Waals surface area (Å²) in [6, 6.07) is 9.34. The van der Waals surface area contributed by atoms with Gasteiger partial charge in [0, 0.05) is 6.54 Å². The summed E-state index contributed by atoms with van der Waals surface area (Å²) < 4.78 is 24.1. The van der Waals surface area contributed by atoms with E-state index >= 15 is 0 Å². The summed E-state index contributed by atoms with van der Waals surface area (Å²) in [5.41, 5.74) is 0.372. The fourth-order valence-electron chi connectivity index (χ4n) is 3.05. The first-order valence-electron chi connectivity index (χ1n) is 7.90. The minimum Gasteiger partial charge on any atom is -0.481 e. The highest BCUT2D eigenvalue weighted by Crippen LogP contribution is 2.58. The Morgan fingerprint density at radius 1 is 1.12 bits per heavy atom. The zero-order valence-corrected chi connectivity index (χ0v) is 14.7. The molecule has 0 aromatic heterocycles. The largest absolute Gasteiger partial charge is 0.481 e. The van der Waals surface area contributed by atoms with Gasteiger partial charge in [0.2, 0.25) is 5.91 Å². The second kappa shape index (κ2) is 6.93. The third-order valence-electron chi connectivity index (χ3n) is 4.63. The van der Waals surface area contributed by atoms with Crippen molar-refractivity contribution in [3.8, 4) is 0 Å². The van der Waals surface area contributed by atoms with E-state index in [9.17, 15) is 18.0 Å². The van der Waals surface area contributed by atoms with Crippen molar-refractivity contribution < 1.29 is 23.1 Å². The average molecular weight is 353 g/mol. The first-order chi connectivity index (χ1) is 11.1. The predicted molar refractivity (Wildman–Crippen MR) is 90.2 cm³/mol. The Kier molecular flexibility index (Phi) is 5.32. The van der Waals surface area contributed by atoms with Crippen molar-refractivity contribution in [3.05, 3.63) is 35.9 Å². The van der Waals surface area contributed by atoms with Gasteiger partial charge < -0.3 is 10.4 Å². The van der Waals surface area contributed by atoms with Gasteiger partial charge in [-0.3, -0.25) is 9.59 Å². The Bertz CT molecular complexity index is 712. The summed E-state index contributed by atoms with van der Waals surface area (Å²) in [5, 5.41) is 11.6. The number of hydrogen-bond donors (Lipinski definition) is 2. The Morgan fingerprint density at radius 2 is 1.75 bits per heavy atom. The zero-order chi connectivity index (χ0) is 18.0. The predicted octanol–water partition coefficient (Wildman–Crippen LogP) is 1.12. The van der Waals surface area contributed by atoms with Crippen molar-refractivity contribution in [1.82, 2.24) is 5.32 Å². The molecule has 0 radical (unpaired) electrons. The van der Waals surface area contributed by atoms with E-state index in [4.69, 9.17) is 5.11 Å². The fourth-order valence-corrected chi connectivity index (χ4v) is 4.21. The number of benzene rings is 1. The molecule has 24 heavy (non-hydrogen) atoms. The van der Waals surface area contributed by atoms with Crippen LogP contribution < -0.4 is 5.32 Å². The molecule has 2 N–H and O–H groups in total. The molecule has 1 aliphatic carbocycles. The molecule has 1 aliphatic rings. The molecule has 1 saturated carbocycles. The van der Waals surface area contributed by atoms with Crippen LogP contribution in [0, 0.1) is 17.3 Å². The van der Waals surface area contributed by atoms with Crippen LogP contribution in [0.2, 0.25) is 0 Å². The molecule has 0 heterocycles. The van der Waals surface area contributed by atoms with Gasteiger partial charge in [-0.15, -0.1) is 0 Å². The van der Waals surface area contributed by atoms with E-state index in [2.05, 4.69) is 5.32 Å². The van der Waals surface area contributed by atoms with Crippen LogP contribution in [-0.2, 0) is 25.8 Å². The van der Waals surface area contributed by atoms with E-state index in [1.807, 2.05) is 30.3 Å². The lowest BCUT2D eigenvalue weighted by molar-refractivity contribution is -0.140. The normalized spacial score (nSPS) is 21.9. The Labute approximate surface area is 142 Å². The Morgan fingerprint density at radius 3 is 2.29 bits per heavy atom. The maximum Gasteiger partial charge on any atom is 0.307 e. The quantitative estimate of drug-likeness (QED) is 0.729. The molecule has 0 spiro atoms. The van der Waals surface area contributed by atoms with E-state index in [0.717, 1.165) is 5.56 Å². The highest BCUT2D eigenvalue weighted by Gasteiger charge is 2.65. The highest BCUT2D eigenvalue weighted by molar-refractivity contribution is 7.91. The Hall–Kier alpha value is -1.89. The molecule has 1 aromatic rings. The first kappa shape index (κ1) is 18.4. The van der Waals surface area contributed by atoms with Crippen LogP contribution in [0.25, 0.3) is 0 Å². The number of rotatable bonds is 8. The summed E-state index contributed by atoms with van der Waals surface area (Å²) in [6.07, 6.45) is 0.438. The molecule has 0 saturated heterocycles. The third kappa shape index (κ3) is 4.35. The number of aryl methyl sites for hydroxylation is 1. The number of amides is 1.